The zero-order chi connectivity index (χ0) is 30.0. The number of sulfonamides is 1. The van der Waals surface area contributed by atoms with E-state index in [2.05, 4.69) is 18.1 Å². The lowest BCUT2D eigenvalue weighted by molar-refractivity contribution is -0.125. The van der Waals surface area contributed by atoms with Gasteiger partial charge in [-0.2, -0.15) is 0 Å². The van der Waals surface area contributed by atoms with Gasteiger partial charge in [-0.25, -0.2) is 13.2 Å². The smallest absolute Gasteiger partial charge is 0.340 e. The van der Waals surface area contributed by atoms with Gasteiger partial charge in [0.25, 0.3) is 10.0 Å². The maximum Gasteiger partial charge on any atom is 0.340 e. The molecule has 214 valence electrons. The third kappa shape index (κ3) is 7.49. The molecular weight excluding hydrogens is 542 g/mol. The van der Waals surface area contributed by atoms with E-state index in [4.69, 9.17) is 9.47 Å². The van der Waals surface area contributed by atoms with Crippen LogP contribution in [0.2, 0.25) is 0 Å². The third-order valence-electron chi connectivity index (χ3n) is 6.10. The highest BCUT2D eigenvalue weighted by Gasteiger charge is 2.31. The number of methoxy groups -OCH3 is 2. The Kier molecular flexibility index (Phi) is 10.6. The van der Waals surface area contributed by atoms with E-state index in [1.807, 2.05) is 0 Å². The lowest BCUT2D eigenvalue weighted by atomic mass is 10.0. The number of aromatic nitrogens is 1. The van der Waals surface area contributed by atoms with Crippen LogP contribution in [0.3, 0.4) is 0 Å². The number of nitrogens with zero attached hydrogens (tertiary/aromatic N) is 3. The normalized spacial score (nSPS) is 11.1. The fraction of sp³-hybridized carbons (Fsp3) is 0.194. The molecule has 1 heterocycles. The van der Waals surface area contributed by atoms with Gasteiger partial charge >= 0.3 is 5.97 Å². The first-order chi connectivity index (χ1) is 19.7. The van der Waals surface area contributed by atoms with E-state index in [1.165, 1.54) is 47.7 Å². The topological polar surface area (TPSA) is 106 Å². The van der Waals surface area contributed by atoms with Crippen molar-refractivity contribution in [2.24, 2.45) is 0 Å². The van der Waals surface area contributed by atoms with Crippen LogP contribution in [-0.4, -0.2) is 57.5 Å². The summed E-state index contributed by atoms with van der Waals surface area (Å²) in [5.74, 6) is -0.503. The lowest BCUT2D eigenvalue weighted by Crippen LogP contribution is -2.33. The summed E-state index contributed by atoms with van der Waals surface area (Å²) in [6.07, 6.45) is 9.32. The number of carbonyl (C=O) groups is 2. The van der Waals surface area contributed by atoms with Gasteiger partial charge in [-0.15, -0.1) is 13.2 Å². The molecule has 0 fully saturated rings. The number of anilines is 1. The second-order valence-electron chi connectivity index (χ2n) is 8.93. The van der Waals surface area contributed by atoms with E-state index in [9.17, 15) is 18.0 Å². The molecule has 1 amide bonds. The molecule has 0 unspecified atom stereocenters. The fourth-order valence-corrected chi connectivity index (χ4v) is 5.69. The van der Waals surface area contributed by atoms with E-state index < -0.39 is 16.0 Å². The Labute approximate surface area is 241 Å². The Morgan fingerprint density at radius 1 is 1.02 bits per heavy atom. The fourth-order valence-electron chi connectivity index (χ4n) is 4.16. The Bertz CT molecular complexity index is 1520. The molecule has 0 aliphatic carbocycles. The molecule has 1 aromatic heterocycles. The first kappa shape index (κ1) is 30.8. The zero-order valence-electron chi connectivity index (χ0n) is 23.3. The van der Waals surface area contributed by atoms with Crippen molar-refractivity contribution in [3.63, 3.8) is 0 Å². The highest BCUT2D eigenvalue weighted by molar-refractivity contribution is 7.92. The molecule has 41 heavy (non-hydrogen) atoms. The van der Waals surface area contributed by atoms with Crippen molar-refractivity contribution in [3.05, 3.63) is 115 Å². The molecule has 0 atom stereocenters. The number of amides is 1. The van der Waals surface area contributed by atoms with Crippen LogP contribution in [0, 0.1) is 6.92 Å². The van der Waals surface area contributed by atoms with Crippen molar-refractivity contribution < 1.29 is 27.5 Å². The molecule has 0 saturated heterocycles. The molecule has 9 nitrogen and oxygen atoms in total. The van der Waals surface area contributed by atoms with Gasteiger partial charge in [-0.05, 0) is 72.2 Å². The van der Waals surface area contributed by atoms with Gasteiger partial charge in [0.05, 0.1) is 36.9 Å². The number of rotatable bonds is 13. The molecule has 0 N–H and O–H groups in total. The van der Waals surface area contributed by atoms with Crippen LogP contribution in [0.5, 0.6) is 5.75 Å². The van der Waals surface area contributed by atoms with Gasteiger partial charge in [0.1, 0.15) is 5.75 Å². The quantitative estimate of drug-likeness (QED) is 0.164. The summed E-state index contributed by atoms with van der Waals surface area (Å²) in [5, 5.41) is 0. The Hall–Kier alpha value is -4.70. The largest absolute Gasteiger partial charge is 0.497 e. The van der Waals surface area contributed by atoms with Crippen molar-refractivity contribution in [1.29, 1.82) is 0 Å². The summed E-state index contributed by atoms with van der Waals surface area (Å²) in [4.78, 5) is 31.4. The maximum atomic E-state index is 14.1. The number of aryl methyl sites for hydroxylation is 1. The molecule has 0 spiro atoms. The second kappa shape index (κ2) is 14.1. The molecule has 0 bridgehead atoms. The summed E-state index contributed by atoms with van der Waals surface area (Å²) >= 11 is 0. The molecular formula is C31H33N3O6S. The predicted molar refractivity (Wildman–Crippen MR) is 159 cm³/mol. The number of pyridine rings is 1. The van der Waals surface area contributed by atoms with E-state index in [1.54, 1.807) is 67.9 Å². The van der Waals surface area contributed by atoms with Crippen molar-refractivity contribution in [2.75, 3.05) is 31.6 Å². The summed E-state index contributed by atoms with van der Waals surface area (Å²) in [5.41, 5.74) is 1.78. The number of ether oxygens (including phenoxy) is 2. The van der Waals surface area contributed by atoms with Crippen LogP contribution < -0.4 is 9.04 Å². The van der Waals surface area contributed by atoms with Crippen molar-refractivity contribution in [2.45, 2.75) is 18.4 Å². The van der Waals surface area contributed by atoms with Crippen molar-refractivity contribution >= 4 is 33.7 Å². The van der Waals surface area contributed by atoms with Crippen LogP contribution in [0.4, 0.5) is 5.69 Å². The Morgan fingerprint density at radius 2 is 1.71 bits per heavy atom. The van der Waals surface area contributed by atoms with Gasteiger partial charge in [-0.1, -0.05) is 18.2 Å². The molecule has 3 aromatic rings. The molecule has 3 rings (SSSR count). The highest BCUT2D eigenvalue weighted by atomic mass is 32.2. The highest BCUT2D eigenvalue weighted by Crippen LogP contribution is 2.34. The average Bonchev–Trinajstić information content (AvgIpc) is 2.98. The van der Waals surface area contributed by atoms with Crippen LogP contribution in [0.25, 0.3) is 6.08 Å². The number of esters is 1. The zero-order valence-corrected chi connectivity index (χ0v) is 24.1. The Morgan fingerprint density at radius 3 is 2.27 bits per heavy atom. The monoisotopic (exact) mass is 575 g/mol. The van der Waals surface area contributed by atoms with Gasteiger partial charge in [0.2, 0.25) is 5.91 Å². The van der Waals surface area contributed by atoms with Crippen LogP contribution in [0.1, 0.15) is 27.0 Å². The predicted octanol–water partition coefficient (Wildman–Crippen LogP) is 4.79. The van der Waals surface area contributed by atoms with E-state index in [-0.39, 0.29) is 28.6 Å². The van der Waals surface area contributed by atoms with E-state index in [0.717, 1.165) is 0 Å². The van der Waals surface area contributed by atoms with Crippen molar-refractivity contribution in [3.8, 4) is 5.75 Å². The third-order valence-corrected chi connectivity index (χ3v) is 7.86. The SMILES string of the molecule is C=CCN(CC=C)C(=O)/C=C/c1cc(C)c(N(Cc2cccnc2)S(=O)(=O)c2ccc(OC)cc2)c(C(=O)OC)c1. The minimum Gasteiger partial charge on any atom is -0.497 e. The average molecular weight is 576 g/mol. The Balaban J connectivity index is 2.17. The first-order valence-electron chi connectivity index (χ1n) is 12.6. The summed E-state index contributed by atoms with van der Waals surface area (Å²) in [6, 6.07) is 12.6. The molecule has 2 aromatic carbocycles. The first-order valence-corrected chi connectivity index (χ1v) is 14.1. The molecule has 0 aliphatic rings. The number of hydrogen-bond donors (Lipinski definition) is 0. The number of hydrogen-bond acceptors (Lipinski definition) is 7. The van der Waals surface area contributed by atoms with Crippen molar-refractivity contribution in [1.82, 2.24) is 9.88 Å². The molecule has 0 radical (unpaired) electrons. The summed E-state index contributed by atoms with van der Waals surface area (Å²) < 4.78 is 39.6. The number of carbonyl (C=O) groups excluding carboxylic acids is 2. The van der Waals surface area contributed by atoms with E-state index >= 15 is 0 Å². The summed E-state index contributed by atoms with van der Waals surface area (Å²) in [7, 11) is -1.47. The lowest BCUT2D eigenvalue weighted by Gasteiger charge is -2.28. The van der Waals surface area contributed by atoms with Crippen LogP contribution >= 0.6 is 0 Å². The minimum atomic E-state index is -4.18. The summed E-state index contributed by atoms with van der Waals surface area (Å²) in [6.45, 7) is 9.63. The van der Waals surface area contributed by atoms with Gasteiger partial charge < -0.3 is 14.4 Å². The second-order valence-corrected chi connectivity index (χ2v) is 10.8. The van der Waals surface area contributed by atoms with Gasteiger partial charge in [0, 0.05) is 31.6 Å². The maximum absolute atomic E-state index is 14.1. The molecule has 10 heteroatoms. The number of benzene rings is 2. The molecule has 0 saturated carbocycles. The van der Waals surface area contributed by atoms with Crippen LogP contribution in [0.15, 0.2) is 97.2 Å². The minimum absolute atomic E-state index is 0.0107. The van der Waals surface area contributed by atoms with Gasteiger partial charge in [-0.3, -0.25) is 14.1 Å². The standard InChI is InChI=1S/C31H33N3O6S/c1-6-17-33(18-7-2)29(35)15-10-24-19-23(3)30(28(20-24)31(36)40-5)34(22-25-9-8-16-32-21-25)41(37,38)27-13-11-26(39-4)12-14-27/h6-16,19-21H,1-2,17-18,22H2,3-5H3/b15-10+. The van der Waals surface area contributed by atoms with E-state index in [0.29, 0.717) is 35.5 Å². The van der Waals surface area contributed by atoms with Gasteiger partial charge in [0.15, 0.2) is 0 Å². The van der Waals surface area contributed by atoms with Crippen LogP contribution in [-0.2, 0) is 26.1 Å². The molecule has 0 aliphatic heterocycles.